The van der Waals surface area contributed by atoms with Crippen molar-refractivity contribution in [3.8, 4) is 0 Å². The number of benzene rings is 1. The molecule has 0 saturated heterocycles. The third-order valence-corrected chi connectivity index (χ3v) is 3.73. The number of amides is 1. The number of likely N-dealkylation sites (N-methyl/N-ethyl adjacent to an activating group) is 1. The van der Waals surface area contributed by atoms with E-state index in [-0.39, 0.29) is 17.9 Å². The Balaban J connectivity index is 2.77. The second-order valence-corrected chi connectivity index (χ2v) is 5.21. The summed E-state index contributed by atoms with van der Waals surface area (Å²) in [6.45, 7) is 6.99. The average molecular weight is 262 g/mol. The van der Waals surface area contributed by atoms with E-state index in [0.29, 0.717) is 12.5 Å². The summed E-state index contributed by atoms with van der Waals surface area (Å²) in [5.74, 6) is 0.408. The van der Waals surface area contributed by atoms with Crippen molar-refractivity contribution in [3.63, 3.8) is 0 Å². The van der Waals surface area contributed by atoms with E-state index in [2.05, 4.69) is 31.4 Å². The predicted molar refractivity (Wildman–Crippen MR) is 80.2 cm³/mol. The van der Waals surface area contributed by atoms with E-state index in [9.17, 15) is 4.79 Å². The fraction of sp³-hybridized carbons (Fsp3) is 0.562. The second kappa shape index (κ2) is 7.95. The van der Waals surface area contributed by atoms with Gasteiger partial charge in [0.05, 0.1) is 5.92 Å². The van der Waals surface area contributed by atoms with Crippen molar-refractivity contribution in [1.29, 1.82) is 0 Å². The van der Waals surface area contributed by atoms with Crippen molar-refractivity contribution in [2.45, 2.75) is 39.2 Å². The van der Waals surface area contributed by atoms with Gasteiger partial charge < -0.3 is 10.6 Å². The van der Waals surface area contributed by atoms with Crippen molar-refractivity contribution in [1.82, 2.24) is 10.6 Å². The van der Waals surface area contributed by atoms with Gasteiger partial charge in [0.2, 0.25) is 5.91 Å². The van der Waals surface area contributed by atoms with Crippen LogP contribution in [-0.2, 0) is 4.79 Å². The monoisotopic (exact) mass is 262 g/mol. The Kier molecular flexibility index (Phi) is 6.57. The molecule has 0 bridgehead atoms. The molecule has 0 spiro atoms. The van der Waals surface area contributed by atoms with E-state index in [1.807, 2.05) is 37.4 Å². The molecule has 1 aromatic rings. The van der Waals surface area contributed by atoms with E-state index >= 15 is 0 Å². The normalized spacial score (nSPS) is 15.6. The molecule has 0 radical (unpaired) electrons. The molecule has 0 aliphatic carbocycles. The van der Waals surface area contributed by atoms with Crippen molar-refractivity contribution in [2.24, 2.45) is 5.92 Å². The first-order valence-electron chi connectivity index (χ1n) is 7.10. The van der Waals surface area contributed by atoms with Crippen LogP contribution in [-0.4, -0.2) is 25.5 Å². The zero-order valence-electron chi connectivity index (χ0n) is 12.4. The molecule has 0 aliphatic heterocycles. The van der Waals surface area contributed by atoms with Gasteiger partial charge >= 0.3 is 0 Å². The lowest BCUT2D eigenvalue weighted by molar-refractivity contribution is -0.123. The van der Waals surface area contributed by atoms with Crippen molar-refractivity contribution >= 4 is 5.91 Å². The largest absolute Gasteiger partial charge is 0.354 e. The summed E-state index contributed by atoms with van der Waals surface area (Å²) in [6.07, 6.45) is 0.995. The minimum absolute atomic E-state index is 0.0599. The summed E-state index contributed by atoms with van der Waals surface area (Å²) < 4.78 is 0. The standard InChI is InChI=1S/C16H26N2O/c1-5-12(2)15(14-9-7-6-8-10-14)16(19)18-11-13(3)17-4/h6-10,12-13,15,17H,5,11H2,1-4H3,(H,18,19). The number of hydrogen-bond donors (Lipinski definition) is 2. The van der Waals surface area contributed by atoms with Crippen LogP contribution in [0.1, 0.15) is 38.7 Å². The van der Waals surface area contributed by atoms with Gasteiger partial charge in [-0.25, -0.2) is 0 Å². The molecule has 3 heteroatoms. The van der Waals surface area contributed by atoms with Gasteiger partial charge in [0.1, 0.15) is 0 Å². The minimum Gasteiger partial charge on any atom is -0.354 e. The number of hydrogen-bond acceptors (Lipinski definition) is 2. The second-order valence-electron chi connectivity index (χ2n) is 5.21. The van der Waals surface area contributed by atoms with Crippen molar-refractivity contribution in [3.05, 3.63) is 35.9 Å². The Morgan fingerprint density at radius 2 is 1.84 bits per heavy atom. The Bertz CT molecular complexity index is 378. The van der Waals surface area contributed by atoms with Crippen LogP contribution in [0.25, 0.3) is 0 Å². The van der Waals surface area contributed by atoms with Crippen LogP contribution in [0.4, 0.5) is 0 Å². The zero-order chi connectivity index (χ0) is 14.3. The zero-order valence-corrected chi connectivity index (χ0v) is 12.4. The van der Waals surface area contributed by atoms with Gasteiger partial charge in [-0.2, -0.15) is 0 Å². The molecule has 19 heavy (non-hydrogen) atoms. The molecule has 0 fully saturated rings. The third kappa shape index (κ3) is 4.67. The molecule has 106 valence electrons. The van der Waals surface area contributed by atoms with Gasteiger partial charge in [-0.15, -0.1) is 0 Å². The molecular weight excluding hydrogens is 236 g/mol. The SMILES string of the molecule is CCC(C)C(C(=O)NCC(C)NC)c1ccccc1. The van der Waals surface area contributed by atoms with Crippen LogP contribution < -0.4 is 10.6 Å². The molecule has 2 N–H and O–H groups in total. The first-order valence-corrected chi connectivity index (χ1v) is 7.10. The number of rotatable bonds is 7. The fourth-order valence-corrected chi connectivity index (χ4v) is 2.10. The van der Waals surface area contributed by atoms with Gasteiger partial charge in [-0.3, -0.25) is 4.79 Å². The number of carbonyl (C=O) groups excluding carboxylic acids is 1. The van der Waals surface area contributed by atoms with Crippen LogP contribution in [0.15, 0.2) is 30.3 Å². The molecule has 1 rings (SSSR count). The highest BCUT2D eigenvalue weighted by Crippen LogP contribution is 2.26. The summed E-state index contributed by atoms with van der Waals surface area (Å²) in [5, 5.41) is 6.17. The molecular formula is C16H26N2O. The fourth-order valence-electron chi connectivity index (χ4n) is 2.10. The van der Waals surface area contributed by atoms with Crippen LogP contribution in [0.5, 0.6) is 0 Å². The van der Waals surface area contributed by atoms with Gasteiger partial charge in [0.15, 0.2) is 0 Å². The maximum absolute atomic E-state index is 12.4. The summed E-state index contributed by atoms with van der Waals surface area (Å²) in [4.78, 5) is 12.4. The third-order valence-electron chi connectivity index (χ3n) is 3.73. The first kappa shape index (κ1) is 15.7. The quantitative estimate of drug-likeness (QED) is 0.793. The highest BCUT2D eigenvalue weighted by atomic mass is 16.1. The van der Waals surface area contributed by atoms with Gasteiger partial charge in [-0.1, -0.05) is 50.6 Å². The summed E-state index contributed by atoms with van der Waals surface area (Å²) in [6, 6.07) is 10.3. The van der Waals surface area contributed by atoms with Gasteiger partial charge in [0, 0.05) is 12.6 Å². The van der Waals surface area contributed by atoms with Crippen LogP contribution >= 0.6 is 0 Å². The molecule has 0 heterocycles. The van der Waals surface area contributed by atoms with Crippen LogP contribution in [0.2, 0.25) is 0 Å². The lowest BCUT2D eigenvalue weighted by Crippen LogP contribution is -2.40. The number of nitrogens with one attached hydrogen (secondary N) is 2. The minimum atomic E-state index is -0.0599. The molecule has 0 aromatic heterocycles. The van der Waals surface area contributed by atoms with Crippen molar-refractivity contribution in [2.75, 3.05) is 13.6 Å². The molecule has 1 aromatic carbocycles. The Morgan fingerprint density at radius 1 is 1.21 bits per heavy atom. The maximum Gasteiger partial charge on any atom is 0.227 e. The first-order chi connectivity index (χ1) is 9.10. The van der Waals surface area contributed by atoms with E-state index in [4.69, 9.17) is 0 Å². The smallest absolute Gasteiger partial charge is 0.227 e. The van der Waals surface area contributed by atoms with E-state index < -0.39 is 0 Å². The molecule has 3 nitrogen and oxygen atoms in total. The van der Waals surface area contributed by atoms with Gasteiger partial charge in [0.25, 0.3) is 0 Å². The molecule has 0 aliphatic rings. The molecule has 1 amide bonds. The summed E-state index contributed by atoms with van der Waals surface area (Å²) in [7, 11) is 1.90. The Hall–Kier alpha value is -1.35. The van der Waals surface area contributed by atoms with E-state index in [0.717, 1.165) is 12.0 Å². The lowest BCUT2D eigenvalue weighted by atomic mass is 9.85. The van der Waals surface area contributed by atoms with Crippen LogP contribution in [0.3, 0.4) is 0 Å². The molecule has 3 unspecified atom stereocenters. The Morgan fingerprint density at radius 3 is 2.37 bits per heavy atom. The summed E-state index contributed by atoms with van der Waals surface area (Å²) >= 11 is 0. The summed E-state index contributed by atoms with van der Waals surface area (Å²) in [5.41, 5.74) is 1.10. The molecule has 3 atom stereocenters. The maximum atomic E-state index is 12.4. The van der Waals surface area contributed by atoms with Crippen LogP contribution in [0, 0.1) is 5.92 Å². The Labute approximate surface area is 116 Å². The topological polar surface area (TPSA) is 41.1 Å². The van der Waals surface area contributed by atoms with E-state index in [1.54, 1.807) is 0 Å². The highest BCUT2D eigenvalue weighted by Gasteiger charge is 2.25. The number of carbonyl (C=O) groups is 1. The predicted octanol–water partition coefficient (Wildman–Crippen LogP) is 2.54. The average Bonchev–Trinajstić information content (AvgIpc) is 2.45. The van der Waals surface area contributed by atoms with Crippen molar-refractivity contribution < 1.29 is 4.79 Å². The molecule has 0 saturated carbocycles. The highest BCUT2D eigenvalue weighted by molar-refractivity contribution is 5.84. The van der Waals surface area contributed by atoms with Gasteiger partial charge in [-0.05, 0) is 25.5 Å². The lowest BCUT2D eigenvalue weighted by Gasteiger charge is -2.23. The van der Waals surface area contributed by atoms with E-state index in [1.165, 1.54) is 0 Å².